The van der Waals surface area contributed by atoms with E-state index in [1.165, 1.54) is 0 Å². The first kappa shape index (κ1) is 19.3. The summed E-state index contributed by atoms with van der Waals surface area (Å²) in [6.07, 6.45) is 1.62. The molecule has 0 aromatic heterocycles. The van der Waals surface area contributed by atoms with E-state index in [4.69, 9.17) is 21.1 Å². The van der Waals surface area contributed by atoms with Gasteiger partial charge in [-0.05, 0) is 55.5 Å². The highest BCUT2D eigenvalue weighted by molar-refractivity contribution is 6.31. The van der Waals surface area contributed by atoms with Crippen molar-refractivity contribution in [2.24, 2.45) is 0 Å². The monoisotopic (exact) mass is 360 g/mol. The molecule has 0 amide bonds. The van der Waals surface area contributed by atoms with Gasteiger partial charge in [-0.3, -0.25) is 0 Å². The van der Waals surface area contributed by atoms with Crippen molar-refractivity contribution in [3.8, 4) is 5.75 Å². The molecule has 0 aliphatic rings. The Morgan fingerprint density at radius 2 is 1.88 bits per heavy atom. The van der Waals surface area contributed by atoms with Crippen LogP contribution < -0.4 is 4.74 Å². The number of benzene rings is 2. The van der Waals surface area contributed by atoms with Crippen LogP contribution in [-0.4, -0.2) is 12.6 Å². The zero-order chi connectivity index (χ0) is 18.4. The van der Waals surface area contributed by atoms with Crippen LogP contribution in [0.15, 0.2) is 30.3 Å². The lowest BCUT2D eigenvalue weighted by Gasteiger charge is -2.16. The first-order chi connectivity index (χ1) is 12.0. The van der Waals surface area contributed by atoms with E-state index < -0.39 is 0 Å². The maximum atomic E-state index is 12.4. The summed E-state index contributed by atoms with van der Waals surface area (Å²) >= 11 is 6.21. The second-order valence-electron chi connectivity index (χ2n) is 6.09. The average Bonchev–Trinajstić information content (AvgIpc) is 2.61. The maximum absolute atomic E-state index is 12.4. The van der Waals surface area contributed by atoms with Crippen molar-refractivity contribution in [1.82, 2.24) is 0 Å². The van der Waals surface area contributed by atoms with Gasteiger partial charge < -0.3 is 9.47 Å². The van der Waals surface area contributed by atoms with Crippen molar-refractivity contribution in [2.75, 3.05) is 6.61 Å². The van der Waals surface area contributed by atoms with E-state index in [0.29, 0.717) is 23.8 Å². The van der Waals surface area contributed by atoms with Crippen molar-refractivity contribution in [3.05, 3.63) is 63.2 Å². The van der Waals surface area contributed by atoms with E-state index in [0.717, 1.165) is 40.8 Å². The number of rotatable bonds is 7. The second-order valence-corrected chi connectivity index (χ2v) is 6.50. The smallest absolute Gasteiger partial charge is 0.338 e. The number of halogens is 1. The molecule has 4 heteroatoms. The summed E-state index contributed by atoms with van der Waals surface area (Å²) in [6, 6.07) is 9.53. The Morgan fingerprint density at radius 1 is 1.12 bits per heavy atom. The van der Waals surface area contributed by atoms with Crippen molar-refractivity contribution in [2.45, 2.75) is 47.1 Å². The van der Waals surface area contributed by atoms with Crippen LogP contribution in [-0.2, 0) is 17.8 Å². The van der Waals surface area contributed by atoms with Gasteiger partial charge in [0, 0.05) is 10.6 Å². The number of ether oxygens (including phenoxy) is 2. The molecular weight excluding hydrogens is 336 g/mol. The van der Waals surface area contributed by atoms with Gasteiger partial charge in [0.15, 0.2) is 0 Å². The van der Waals surface area contributed by atoms with Gasteiger partial charge in [0.25, 0.3) is 0 Å². The lowest BCUT2D eigenvalue weighted by Crippen LogP contribution is -2.13. The van der Waals surface area contributed by atoms with Gasteiger partial charge in [0.2, 0.25) is 0 Å². The highest BCUT2D eigenvalue weighted by Gasteiger charge is 2.16. The molecule has 0 bridgehead atoms. The molecule has 0 fully saturated rings. The van der Waals surface area contributed by atoms with Crippen LogP contribution in [0.4, 0.5) is 0 Å². The van der Waals surface area contributed by atoms with Crippen molar-refractivity contribution >= 4 is 17.6 Å². The standard InChI is InChI=1S/C21H25ClO3/c1-5-10-24-21(23)17-9-7-8-16(6-2)18(17)13-25-20-12-19(22)14(3)11-15(20)4/h7-9,11-12H,5-6,10,13H2,1-4H3. The Morgan fingerprint density at radius 3 is 2.56 bits per heavy atom. The summed E-state index contributed by atoms with van der Waals surface area (Å²) < 4.78 is 11.3. The topological polar surface area (TPSA) is 35.5 Å². The molecule has 0 unspecified atom stereocenters. The Bertz CT molecular complexity index is 753. The lowest BCUT2D eigenvalue weighted by molar-refractivity contribution is 0.0502. The number of carbonyl (C=O) groups is 1. The lowest BCUT2D eigenvalue weighted by atomic mass is 9.99. The molecule has 0 saturated heterocycles. The van der Waals surface area contributed by atoms with E-state index in [-0.39, 0.29) is 5.97 Å². The van der Waals surface area contributed by atoms with Crippen molar-refractivity contribution < 1.29 is 14.3 Å². The zero-order valence-corrected chi connectivity index (χ0v) is 16.1. The normalized spacial score (nSPS) is 10.6. The number of esters is 1. The SMILES string of the molecule is CCCOC(=O)c1cccc(CC)c1COc1cc(Cl)c(C)cc1C. The summed E-state index contributed by atoms with van der Waals surface area (Å²) in [4.78, 5) is 12.4. The Hall–Kier alpha value is -2.00. The van der Waals surface area contributed by atoms with Gasteiger partial charge in [0.1, 0.15) is 12.4 Å². The molecular formula is C21H25ClO3. The van der Waals surface area contributed by atoms with Gasteiger partial charge in [-0.25, -0.2) is 4.79 Å². The van der Waals surface area contributed by atoms with Gasteiger partial charge in [-0.15, -0.1) is 0 Å². The van der Waals surface area contributed by atoms with E-state index >= 15 is 0 Å². The van der Waals surface area contributed by atoms with Crippen LogP contribution in [0.3, 0.4) is 0 Å². The van der Waals surface area contributed by atoms with Gasteiger partial charge in [-0.1, -0.05) is 43.6 Å². The molecule has 0 atom stereocenters. The fraction of sp³-hybridized carbons (Fsp3) is 0.381. The van der Waals surface area contributed by atoms with E-state index in [2.05, 4.69) is 6.92 Å². The zero-order valence-electron chi connectivity index (χ0n) is 15.3. The van der Waals surface area contributed by atoms with E-state index in [1.54, 1.807) is 6.07 Å². The summed E-state index contributed by atoms with van der Waals surface area (Å²) in [5, 5.41) is 0.673. The quantitative estimate of drug-likeness (QED) is 0.597. The molecule has 3 nitrogen and oxygen atoms in total. The Balaban J connectivity index is 2.29. The molecule has 0 spiro atoms. The van der Waals surface area contributed by atoms with Crippen molar-refractivity contribution in [1.29, 1.82) is 0 Å². The third-order valence-electron chi connectivity index (χ3n) is 4.14. The first-order valence-electron chi connectivity index (χ1n) is 8.65. The number of hydrogen-bond acceptors (Lipinski definition) is 3. The van der Waals surface area contributed by atoms with Crippen LogP contribution in [0, 0.1) is 13.8 Å². The third kappa shape index (κ3) is 4.76. The summed E-state index contributed by atoms with van der Waals surface area (Å²) in [7, 11) is 0. The summed E-state index contributed by atoms with van der Waals surface area (Å²) in [5.41, 5.74) is 4.57. The fourth-order valence-electron chi connectivity index (χ4n) is 2.71. The first-order valence-corrected chi connectivity index (χ1v) is 9.03. The molecule has 0 aliphatic heterocycles. The molecule has 2 aromatic carbocycles. The van der Waals surface area contributed by atoms with E-state index in [9.17, 15) is 4.79 Å². The molecule has 0 N–H and O–H groups in total. The number of aryl methyl sites for hydroxylation is 3. The summed E-state index contributed by atoms with van der Waals surface area (Å²) in [5.74, 6) is 0.434. The van der Waals surface area contributed by atoms with Crippen LogP contribution >= 0.6 is 11.6 Å². The Labute approximate surface area is 154 Å². The van der Waals surface area contributed by atoms with Crippen LogP contribution in [0.2, 0.25) is 5.02 Å². The molecule has 25 heavy (non-hydrogen) atoms. The van der Waals surface area contributed by atoms with Gasteiger partial charge in [0.05, 0.1) is 12.2 Å². The van der Waals surface area contributed by atoms with Crippen molar-refractivity contribution in [3.63, 3.8) is 0 Å². The molecule has 0 saturated carbocycles. The minimum atomic E-state index is -0.297. The minimum absolute atomic E-state index is 0.297. The second kappa shape index (κ2) is 8.91. The third-order valence-corrected chi connectivity index (χ3v) is 4.55. The highest BCUT2D eigenvalue weighted by atomic mass is 35.5. The molecule has 0 radical (unpaired) electrons. The van der Waals surface area contributed by atoms with Crippen LogP contribution in [0.1, 0.15) is 52.9 Å². The number of carbonyl (C=O) groups excluding carboxylic acids is 1. The molecule has 134 valence electrons. The highest BCUT2D eigenvalue weighted by Crippen LogP contribution is 2.28. The Kier molecular flexibility index (Phi) is 6.89. The molecule has 2 rings (SSSR count). The molecule has 0 heterocycles. The predicted molar refractivity (Wildman–Crippen MR) is 102 cm³/mol. The largest absolute Gasteiger partial charge is 0.489 e. The van der Waals surface area contributed by atoms with Gasteiger partial charge in [-0.2, -0.15) is 0 Å². The van der Waals surface area contributed by atoms with Gasteiger partial charge >= 0.3 is 5.97 Å². The minimum Gasteiger partial charge on any atom is -0.489 e. The predicted octanol–water partition coefficient (Wildman–Crippen LogP) is 5.67. The summed E-state index contributed by atoms with van der Waals surface area (Å²) in [6.45, 7) is 8.72. The average molecular weight is 361 g/mol. The van der Waals surface area contributed by atoms with Crippen LogP contribution in [0.25, 0.3) is 0 Å². The maximum Gasteiger partial charge on any atom is 0.338 e. The molecule has 0 aliphatic carbocycles. The molecule has 2 aromatic rings. The van der Waals surface area contributed by atoms with Crippen LogP contribution in [0.5, 0.6) is 5.75 Å². The fourth-order valence-corrected chi connectivity index (χ4v) is 2.87. The number of hydrogen-bond donors (Lipinski definition) is 0. The van der Waals surface area contributed by atoms with E-state index in [1.807, 2.05) is 45.0 Å².